The first kappa shape index (κ1) is 10.9. The summed E-state index contributed by atoms with van der Waals surface area (Å²) in [5.41, 5.74) is 1.83. The first-order chi connectivity index (χ1) is 8.86. The molecular formula is C13H13N5. The lowest BCUT2D eigenvalue weighted by Gasteiger charge is -2.27. The lowest BCUT2D eigenvalue weighted by molar-refractivity contribution is 0.208. The summed E-state index contributed by atoms with van der Waals surface area (Å²) < 4.78 is 2.08. The second kappa shape index (κ2) is 4.59. The third-order valence-electron chi connectivity index (χ3n) is 3.25. The molecule has 0 atom stereocenters. The number of rotatable bonds is 2. The van der Waals surface area contributed by atoms with Crippen LogP contribution in [0.4, 0.5) is 0 Å². The van der Waals surface area contributed by atoms with E-state index in [2.05, 4.69) is 25.7 Å². The van der Waals surface area contributed by atoms with Gasteiger partial charge in [0.05, 0.1) is 18.2 Å². The summed E-state index contributed by atoms with van der Waals surface area (Å²) in [6.45, 7) is 3.46. The predicted octanol–water partition coefficient (Wildman–Crippen LogP) is 1.17. The summed E-state index contributed by atoms with van der Waals surface area (Å²) in [5.74, 6) is 0.996. The van der Waals surface area contributed by atoms with Crippen LogP contribution in [0.1, 0.15) is 17.0 Å². The minimum Gasteiger partial charge on any atom is -0.315 e. The zero-order valence-corrected chi connectivity index (χ0v) is 9.95. The fourth-order valence-corrected chi connectivity index (χ4v) is 2.26. The van der Waals surface area contributed by atoms with E-state index in [-0.39, 0.29) is 0 Å². The molecule has 5 heteroatoms. The van der Waals surface area contributed by atoms with E-state index in [1.165, 1.54) is 0 Å². The van der Waals surface area contributed by atoms with Crippen LogP contribution in [0.25, 0.3) is 0 Å². The van der Waals surface area contributed by atoms with E-state index in [0.29, 0.717) is 0 Å². The summed E-state index contributed by atoms with van der Waals surface area (Å²) in [6, 6.07) is 9.99. The van der Waals surface area contributed by atoms with Crippen molar-refractivity contribution in [3.05, 3.63) is 47.5 Å². The highest BCUT2D eigenvalue weighted by atomic mass is 15.3. The molecule has 0 N–H and O–H groups in total. The number of aromatic nitrogens is 3. The van der Waals surface area contributed by atoms with Crippen LogP contribution >= 0.6 is 0 Å². The second-order valence-corrected chi connectivity index (χ2v) is 4.42. The third kappa shape index (κ3) is 1.98. The Balaban J connectivity index is 1.77. The zero-order chi connectivity index (χ0) is 12.4. The van der Waals surface area contributed by atoms with Crippen molar-refractivity contribution in [1.29, 1.82) is 5.26 Å². The Morgan fingerprint density at radius 2 is 2.17 bits per heavy atom. The lowest BCUT2D eigenvalue weighted by atomic mass is 10.1. The van der Waals surface area contributed by atoms with Crippen molar-refractivity contribution in [2.24, 2.45) is 0 Å². The molecular weight excluding hydrogens is 226 g/mol. The molecule has 5 nitrogen and oxygen atoms in total. The van der Waals surface area contributed by atoms with Crippen LogP contribution in [0.5, 0.6) is 0 Å². The standard InChI is InChI=1S/C13H13N5/c14-7-11-3-1-2-4-12(11)8-17-5-6-18-10-15-16-13(18)9-17/h1-4,10H,5-6,8-9H2. The lowest BCUT2D eigenvalue weighted by Crippen LogP contribution is -2.33. The molecule has 0 bridgehead atoms. The molecule has 3 rings (SSSR count). The van der Waals surface area contributed by atoms with Gasteiger partial charge in [-0.3, -0.25) is 4.90 Å². The Hall–Kier alpha value is -2.19. The minimum absolute atomic E-state index is 0.754. The van der Waals surface area contributed by atoms with Crippen molar-refractivity contribution in [3.63, 3.8) is 0 Å². The predicted molar refractivity (Wildman–Crippen MR) is 65.3 cm³/mol. The van der Waals surface area contributed by atoms with Crippen molar-refractivity contribution in [2.45, 2.75) is 19.6 Å². The minimum atomic E-state index is 0.754. The van der Waals surface area contributed by atoms with E-state index < -0.39 is 0 Å². The Bertz CT molecular complexity index is 595. The molecule has 0 fully saturated rings. The molecule has 1 aromatic carbocycles. The Labute approximate surface area is 105 Å². The van der Waals surface area contributed by atoms with Crippen molar-refractivity contribution in [3.8, 4) is 6.07 Å². The maximum Gasteiger partial charge on any atom is 0.147 e. The molecule has 0 spiro atoms. The number of hydrogen-bond donors (Lipinski definition) is 0. The van der Waals surface area contributed by atoms with Crippen LogP contribution in [-0.4, -0.2) is 26.2 Å². The van der Waals surface area contributed by atoms with Crippen LogP contribution in [0.3, 0.4) is 0 Å². The van der Waals surface area contributed by atoms with Gasteiger partial charge in [-0.25, -0.2) is 0 Å². The summed E-state index contributed by atoms with van der Waals surface area (Å²) in [5, 5.41) is 17.1. The molecule has 1 aliphatic rings. The summed E-state index contributed by atoms with van der Waals surface area (Å²) in [6.07, 6.45) is 1.77. The van der Waals surface area contributed by atoms with Crippen LogP contribution in [-0.2, 0) is 19.6 Å². The molecule has 0 saturated heterocycles. The molecule has 1 aliphatic heterocycles. The van der Waals surface area contributed by atoms with Gasteiger partial charge >= 0.3 is 0 Å². The van der Waals surface area contributed by atoms with E-state index >= 15 is 0 Å². The fourth-order valence-electron chi connectivity index (χ4n) is 2.26. The van der Waals surface area contributed by atoms with Crippen molar-refractivity contribution in [2.75, 3.05) is 6.54 Å². The monoisotopic (exact) mass is 239 g/mol. The quantitative estimate of drug-likeness (QED) is 0.789. The zero-order valence-electron chi connectivity index (χ0n) is 9.95. The maximum absolute atomic E-state index is 9.08. The van der Waals surface area contributed by atoms with Crippen molar-refractivity contribution < 1.29 is 0 Å². The average molecular weight is 239 g/mol. The molecule has 0 saturated carbocycles. The number of benzene rings is 1. The van der Waals surface area contributed by atoms with E-state index in [9.17, 15) is 0 Å². The first-order valence-electron chi connectivity index (χ1n) is 5.94. The van der Waals surface area contributed by atoms with Gasteiger partial charge in [-0.15, -0.1) is 10.2 Å². The Kier molecular flexibility index (Phi) is 2.79. The smallest absolute Gasteiger partial charge is 0.147 e. The van der Waals surface area contributed by atoms with Gasteiger partial charge in [0.2, 0.25) is 0 Å². The van der Waals surface area contributed by atoms with Crippen molar-refractivity contribution >= 4 is 0 Å². The van der Waals surface area contributed by atoms with Crippen molar-refractivity contribution in [1.82, 2.24) is 19.7 Å². The highest BCUT2D eigenvalue weighted by molar-refractivity contribution is 5.37. The van der Waals surface area contributed by atoms with E-state index in [0.717, 1.165) is 43.1 Å². The summed E-state index contributed by atoms with van der Waals surface area (Å²) in [4.78, 5) is 2.29. The molecule has 2 aromatic rings. The number of nitrogens with zero attached hydrogens (tertiary/aromatic N) is 5. The number of nitriles is 1. The normalized spacial score (nSPS) is 15.1. The van der Waals surface area contributed by atoms with E-state index in [1.807, 2.05) is 24.3 Å². The van der Waals surface area contributed by atoms with E-state index in [1.54, 1.807) is 6.33 Å². The molecule has 0 amide bonds. The molecule has 0 unspecified atom stereocenters. The molecule has 90 valence electrons. The SMILES string of the molecule is N#Cc1ccccc1CN1CCn2cnnc2C1. The van der Waals surface area contributed by atoms with Gasteiger partial charge < -0.3 is 4.57 Å². The Morgan fingerprint density at radius 1 is 1.28 bits per heavy atom. The fraction of sp³-hybridized carbons (Fsp3) is 0.308. The number of fused-ring (bicyclic) bond motifs is 1. The van der Waals surface area contributed by atoms with Gasteiger partial charge in [0, 0.05) is 19.6 Å². The molecule has 1 aromatic heterocycles. The second-order valence-electron chi connectivity index (χ2n) is 4.42. The van der Waals surface area contributed by atoms with Gasteiger partial charge in [0.1, 0.15) is 12.2 Å². The Morgan fingerprint density at radius 3 is 3.06 bits per heavy atom. The molecule has 0 radical (unpaired) electrons. The first-order valence-corrected chi connectivity index (χ1v) is 5.94. The highest BCUT2D eigenvalue weighted by Crippen LogP contribution is 2.15. The highest BCUT2D eigenvalue weighted by Gasteiger charge is 2.18. The van der Waals surface area contributed by atoms with Crippen LogP contribution < -0.4 is 0 Å². The average Bonchev–Trinajstić information content (AvgIpc) is 2.87. The van der Waals surface area contributed by atoms with Gasteiger partial charge in [0.25, 0.3) is 0 Å². The van der Waals surface area contributed by atoms with Crippen LogP contribution in [0.15, 0.2) is 30.6 Å². The third-order valence-corrected chi connectivity index (χ3v) is 3.25. The maximum atomic E-state index is 9.08. The van der Waals surface area contributed by atoms with Gasteiger partial charge in [0.15, 0.2) is 0 Å². The molecule has 2 heterocycles. The molecule has 0 aliphatic carbocycles. The van der Waals surface area contributed by atoms with E-state index in [4.69, 9.17) is 5.26 Å². The summed E-state index contributed by atoms with van der Waals surface area (Å²) in [7, 11) is 0. The number of hydrogen-bond acceptors (Lipinski definition) is 4. The van der Waals surface area contributed by atoms with Gasteiger partial charge in [-0.2, -0.15) is 5.26 Å². The topological polar surface area (TPSA) is 57.7 Å². The van der Waals surface area contributed by atoms with Gasteiger partial charge in [-0.05, 0) is 11.6 Å². The largest absolute Gasteiger partial charge is 0.315 e. The van der Waals surface area contributed by atoms with Gasteiger partial charge in [-0.1, -0.05) is 18.2 Å². The summed E-state index contributed by atoms with van der Waals surface area (Å²) >= 11 is 0. The van der Waals surface area contributed by atoms with Crippen LogP contribution in [0, 0.1) is 11.3 Å². The van der Waals surface area contributed by atoms with Crippen LogP contribution in [0.2, 0.25) is 0 Å². The molecule has 18 heavy (non-hydrogen) atoms.